The zero-order valence-electron chi connectivity index (χ0n) is 55.0. The Labute approximate surface area is 657 Å². The van der Waals surface area contributed by atoms with E-state index in [2.05, 4.69) is 0 Å². The number of fused-ring (bicyclic) bond motifs is 8. The normalized spacial score (nSPS) is 12.3. The summed E-state index contributed by atoms with van der Waals surface area (Å²) < 4.78 is 0. The molecule has 0 aliphatic carbocycles. The van der Waals surface area contributed by atoms with E-state index in [0.717, 1.165) is 86.2 Å². The number of carbonyl (C=O) groups is 4. The smallest absolute Gasteiger partial charge is 0.315 e. The number of hydrogen-bond acceptors (Lipinski definition) is 4. The second kappa shape index (κ2) is 32.9. The molecule has 0 bridgehead atoms. The second-order valence-corrected chi connectivity index (χ2v) is 27.7. The predicted octanol–water partition coefficient (Wildman–Crippen LogP) is 26.1. The number of hydrogen-bond donors (Lipinski definition) is 4. The number of halogens is 8. The average molecular weight is 1570 g/mol. The van der Waals surface area contributed by atoms with E-state index in [1.807, 2.05) is 267 Å². The van der Waals surface area contributed by atoms with Crippen molar-refractivity contribution in [3.05, 3.63) is 376 Å². The Bertz CT molecular complexity index is 5330. The summed E-state index contributed by atoms with van der Waals surface area (Å²) in [5.41, 5.74) is 4.90. The minimum Gasteiger partial charge on any atom is -0.481 e. The molecule has 0 heterocycles. The monoisotopic (exact) mass is 1570 g/mol. The molecule has 0 spiro atoms. The van der Waals surface area contributed by atoms with Crippen molar-refractivity contribution in [1.29, 1.82) is 0 Å². The maximum absolute atomic E-state index is 12.3. The van der Waals surface area contributed by atoms with Crippen LogP contribution < -0.4 is 0 Å². The fourth-order valence-corrected chi connectivity index (χ4v) is 16.0. The first-order chi connectivity index (χ1) is 50.3. The number of carboxylic acids is 4. The molecule has 16 rings (SSSR count). The number of aliphatic carboxylic acids is 4. The quantitative estimate of drug-likeness (QED) is 0.0884. The first kappa shape index (κ1) is 75.2. The summed E-state index contributed by atoms with van der Waals surface area (Å²) >= 11 is 51.4. The molecule has 8 nitrogen and oxygen atoms in total. The molecule has 4 atom stereocenters. The molecule has 4 unspecified atom stereocenters. The van der Waals surface area contributed by atoms with Crippen LogP contribution in [-0.2, 0) is 40.9 Å². The Hall–Kier alpha value is -9.49. The van der Waals surface area contributed by atoms with E-state index in [4.69, 9.17) is 92.8 Å². The molecule has 0 radical (unpaired) electrons. The van der Waals surface area contributed by atoms with Gasteiger partial charge >= 0.3 is 23.9 Å². The average Bonchev–Trinajstić information content (AvgIpc) is 0.774. The van der Waals surface area contributed by atoms with Crippen molar-refractivity contribution in [2.24, 2.45) is 0 Å². The van der Waals surface area contributed by atoms with Crippen LogP contribution >= 0.6 is 92.8 Å². The number of carboxylic acid groups (broad SMARTS) is 4. The zero-order valence-corrected chi connectivity index (χ0v) is 62.6. The van der Waals surface area contributed by atoms with E-state index in [1.54, 1.807) is 24.3 Å². The number of rotatable bonds is 12. The predicted molar refractivity (Wildman–Crippen MR) is 430 cm³/mol. The van der Waals surface area contributed by atoms with E-state index in [0.29, 0.717) is 64.6 Å². The van der Waals surface area contributed by atoms with Gasteiger partial charge in [-0.3, -0.25) is 19.2 Å². The molecule has 0 saturated carbocycles. The van der Waals surface area contributed by atoms with Gasteiger partial charge in [-0.2, -0.15) is 0 Å². The van der Waals surface area contributed by atoms with Crippen LogP contribution in [0.25, 0.3) is 86.2 Å². The third kappa shape index (κ3) is 15.2. The van der Waals surface area contributed by atoms with Gasteiger partial charge < -0.3 is 20.4 Å². The Morgan fingerprint density at radius 2 is 0.362 bits per heavy atom. The molecule has 0 saturated heterocycles. The van der Waals surface area contributed by atoms with Crippen molar-refractivity contribution >= 4 is 203 Å². The van der Waals surface area contributed by atoms with E-state index < -0.39 is 47.5 Å². The molecule has 4 N–H and O–H groups in total. The summed E-state index contributed by atoms with van der Waals surface area (Å²) in [5.74, 6) is -7.53. The van der Waals surface area contributed by atoms with Gasteiger partial charge in [0.25, 0.3) is 0 Å². The van der Waals surface area contributed by atoms with Gasteiger partial charge in [0.05, 0.1) is 40.2 Å². The molecular formula is C88H56Cl8O8Ti. The van der Waals surface area contributed by atoms with Crippen LogP contribution in [0.3, 0.4) is 0 Å². The van der Waals surface area contributed by atoms with Gasteiger partial charge in [0.2, 0.25) is 0 Å². The second-order valence-electron chi connectivity index (χ2n) is 24.6. The Kier molecular flexibility index (Phi) is 23.6. The molecule has 105 heavy (non-hydrogen) atoms. The standard InChI is InChI=1S/4C22H14Cl2O2.Ti/c4*23-18-12-14-7-2-4-10-16(14)19(21(18)24)20(22(25)26)17-11-5-8-13-6-1-3-9-15(13)17;/h4*1-12,20H,(H,25,26);. The first-order valence-electron chi connectivity index (χ1n) is 32.6. The van der Waals surface area contributed by atoms with E-state index in [9.17, 15) is 39.6 Å². The van der Waals surface area contributed by atoms with Gasteiger partial charge in [0.1, 0.15) is 23.7 Å². The van der Waals surface area contributed by atoms with Crippen LogP contribution in [0.1, 0.15) is 68.2 Å². The SMILES string of the molecule is O=C(O)C(c1cccc2ccccc12)c1c(Cl)c(Cl)cc2ccccc12.O=C(O)C(c1cccc2ccccc12)c1c(Cl)c(Cl)cc2ccccc12.O=C(O)C(c1cccc2ccccc12)c1c(Cl)c(Cl)cc2ccccc12.O=C(O)C(c1cccc2ccccc12)c1c(Cl)c(Cl)cc2ccccc12.[Ti]. The van der Waals surface area contributed by atoms with Crippen molar-refractivity contribution in [2.75, 3.05) is 0 Å². The zero-order chi connectivity index (χ0) is 73.0. The first-order valence-corrected chi connectivity index (χ1v) is 35.6. The fourth-order valence-electron chi connectivity index (χ4n) is 14.0. The minimum absolute atomic E-state index is 0. The molecule has 0 amide bonds. The summed E-state index contributed by atoms with van der Waals surface area (Å²) in [5, 5.41) is 57.1. The summed E-state index contributed by atoms with van der Waals surface area (Å²) in [6, 6.07) is 91.0. The van der Waals surface area contributed by atoms with Crippen LogP contribution in [0.15, 0.2) is 291 Å². The maximum atomic E-state index is 12.3. The number of benzene rings is 16. The molecular weight excluding hydrogens is 1520 g/mol. The van der Waals surface area contributed by atoms with Crippen molar-refractivity contribution in [2.45, 2.75) is 23.7 Å². The topological polar surface area (TPSA) is 149 Å². The van der Waals surface area contributed by atoms with E-state index in [-0.39, 0.29) is 41.8 Å². The van der Waals surface area contributed by atoms with Gasteiger partial charge in [-0.1, -0.05) is 360 Å². The van der Waals surface area contributed by atoms with Crippen LogP contribution in [0.2, 0.25) is 40.2 Å². The van der Waals surface area contributed by atoms with Crippen LogP contribution in [0.5, 0.6) is 0 Å². The molecule has 0 aliphatic rings. The van der Waals surface area contributed by atoms with Gasteiger partial charge in [0, 0.05) is 21.7 Å². The fraction of sp³-hybridized carbons (Fsp3) is 0.0455. The van der Waals surface area contributed by atoms with Crippen LogP contribution in [-0.4, -0.2) is 44.3 Å². The maximum Gasteiger partial charge on any atom is 0.315 e. The largest absolute Gasteiger partial charge is 0.481 e. The summed E-state index contributed by atoms with van der Waals surface area (Å²) in [4.78, 5) is 49.4. The molecule has 17 heteroatoms. The summed E-state index contributed by atoms with van der Waals surface area (Å²) in [6.07, 6.45) is 0. The van der Waals surface area contributed by atoms with Crippen molar-refractivity contribution in [3.63, 3.8) is 0 Å². The summed E-state index contributed by atoms with van der Waals surface area (Å²) in [6.45, 7) is 0. The van der Waals surface area contributed by atoms with Crippen LogP contribution in [0, 0.1) is 0 Å². The molecule has 0 aromatic heterocycles. The van der Waals surface area contributed by atoms with E-state index in [1.165, 1.54) is 0 Å². The van der Waals surface area contributed by atoms with Gasteiger partial charge in [-0.25, -0.2) is 0 Å². The van der Waals surface area contributed by atoms with Crippen molar-refractivity contribution < 1.29 is 61.3 Å². The third-order valence-electron chi connectivity index (χ3n) is 18.6. The molecule has 0 fully saturated rings. The summed E-state index contributed by atoms with van der Waals surface area (Å²) in [7, 11) is 0. The third-order valence-corrected chi connectivity index (χ3v) is 21.8. The van der Waals surface area contributed by atoms with Gasteiger partial charge in [0.15, 0.2) is 0 Å². The van der Waals surface area contributed by atoms with Gasteiger partial charge in [-0.05, 0) is 155 Å². The van der Waals surface area contributed by atoms with Gasteiger partial charge in [-0.15, -0.1) is 0 Å². The minimum atomic E-state index is -0.962. The van der Waals surface area contributed by atoms with E-state index >= 15 is 0 Å². The Balaban J connectivity index is 0.000000131. The molecule has 516 valence electrons. The molecule has 16 aromatic carbocycles. The molecule has 0 aliphatic heterocycles. The van der Waals surface area contributed by atoms with Crippen LogP contribution in [0.4, 0.5) is 0 Å². The Morgan fingerprint density at radius 1 is 0.210 bits per heavy atom. The van der Waals surface area contributed by atoms with Crippen molar-refractivity contribution in [3.8, 4) is 0 Å². The van der Waals surface area contributed by atoms with Crippen molar-refractivity contribution in [1.82, 2.24) is 0 Å². The Morgan fingerprint density at radius 3 is 0.543 bits per heavy atom. The molecule has 16 aromatic rings.